The molecule has 0 spiro atoms. The third-order valence-electron chi connectivity index (χ3n) is 6.05. The van der Waals surface area contributed by atoms with Crippen molar-refractivity contribution < 1.29 is 0 Å². The van der Waals surface area contributed by atoms with E-state index in [1.54, 1.807) is 0 Å². The lowest BCUT2D eigenvalue weighted by atomic mass is 9.81. The van der Waals surface area contributed by atoms with Gasteiger partial charge in [-0.1, -0.05) is 6.92 Å². The molecule has 0 aliphatic carbocycles. The number of likely N-dealkylation sites (tertiary alicyclic amines) is 1. The quantitative estimate of drug-likeness (QED) is 0.829. The van der Waals surface area contributed by atoms with Crippen molar-refractivity contribution in [2.45, 2.75) is 63.5 Å². The molecule has 0 bridgehead atoms. The van der Waals surface area contributed by atoms with Gasteiger partial charge in [0.25, 0.3) is 0 Å². The fourth-order valence-electron chi connectivity index (χ4n) is 4.65. The van der Waals surface area contributed by atoms with Gasteiger partial charge in [0, 0.05) is 24.7 Å². The minimum atomic E-state index is 0.329. The monoisotopic (exact) mass is 265 g/mol. The van der Waals surface area contributed by atoms with Crippen molar-refractivity contribution in [3.05, 3.63) is 0 Å². The third-order valence-corrected chi connectivity index (χ3v) is 6.05. The third kappa shape index (κ3) is 2.70. The Balaban J connectivity index is 1.71. The molecule has 3 nitrogen and oxygen atoms in total. The fraction of sp³-hybridized carbons (Fsp3) is 1.00. The maximum Gasteiger partial charge on any atom is 0.0358 e. The first-order valence-corrected chi connectivity index (χ1v) is 8.43. The van der Waals surface area contributed by atoms with Crippen molar-refractivity contribution in [1.82, 2.24) is 9.80 Å². The molecule has 3 saturated heterocycles. The summed E-state index contributed by atoms with van der Waals surface area (Å²) in [6.07, 6.45) is 9.60. The van der Waals surface area contributed by atoms with Gasteiger partial charge in [-0.25, -0.2) is 0 Å². The van der Waals surface area contributed by atoms with Crippen LogP contribution in [0.15, 0.2) is 0 Å². The molecule has 0 aromatic rings. The van der Waals surface area contributed by atoms with Crippen LogP contribution in [0.3, 0.4) is 0 Å². The van der Waals surface area contributed by atoms with Gasteiger partial charge >= 0.3 is 0 Å². The first-order chi connectivity index (χ1) is 9.23. The fourth-order valence-corrected chi connectivity index (χ4v) is 4.65. The first kappa shape index (κ1) is 13.8. The van der Waals surface area contributed by atoms with Gasteiger partial charge in [0.15, 0.2) is 0 Å². The second-order valence-corrected chi connectivity index (χ2v) is 7.24. The standard InChI is InChI=1S/C16H31N3/c1-14-4-2-9-19(10-6-14)16(13-17)7-11-18-8-3-5-15(18)12-16/h14-15H,2-13,17H2,1H3. The van der Waals surface area contributed by atoms with Gasteiger partial charge in [0.05, 0.1) is 0 Å². The van der Waals surface area contributed by atoms with Gasteiger partial charge in [0.2, 0.25) is 0 Å². The van der Waals surface area contributed by atoms with Crippen molar-refractivity contribution in [1.29, 1.82) is 0 Å². The summed E-state index contributed by atoms with van der Waals surface area (Å²) in [5.41, 5.74) is 6.61. The first-order valence-electron chi connectivity index (χ1n) is 8.43. The van der Waals surface area contributed by atoms with Crippen LogP contribution >= 0.6 is 0 Å². The minimum Gasteiger partial charge on any atom is -0.329 e. The van der Waals surface area contributed by atoms with Crippen LogP contribution < -0.4 is 5.73 Å². The molecule has 0 radical (unpaired) electrons. The second kappa shape index (κ2) is 5.71. The molecule has 3 aliphatic rings. The Labute approximate surface area is 118 Å². The van der Waals surface area contributed by atoms with E-state index in [4.69, 9.17) is 5.73 Å². The summed E-state index contributed by atoms with van der Waals surface area (Å²) >= 11 is 0. The molecular formula is C16H31N3. The lowest BCUT2D eigenvalue weighted by molar-refractivity contribution is 0.0118. The molecule has 110 valence electrons. The molecule has 2 N–H and O–H groups in total. The molecule has 3 heterocycles. The number of rotatable bonds is 2. The zero-order chi connectivity index (χ0) is 13.3. The van der Waals surface area contributed by atoms with Crippen LogP contribution in [0, 0.1) is 5.92 Å². The highest BCUT2D eigenvalue weighted by Crippen LogP contribution is 2.37. The number of hydrogen-bond acceptors (Lipinski definition) is 3. The number of fused-ring (bicyclic) bond motifs is 1. The van der Waals surface area contributed by atoms with E-state index in [0.29, 0.717) is 5.54 Å². The Morgan fingerprint density at radius 1 is 1.05 bits per heavy atom. The van der Waals surface area contributed by atoms with Crippen molar-refractivity contribution in [2.24, 2.45) is 11.7 Å². The zero-order valence-corrected chi connectivity index (χ0v) is 12.6. The van der Waals surface area contributed by atoms with Gasteiger partial charge in [0.1, 0.15) is 0 Å². The summed E-state index contributed by atoms with van der Waals surface area (Å²) in [5, 5.41) is 0. The highest BCUT2D eigenvalue weighted by atomic mass is 15.3. The summed E-state index contributed by atoms with van der Waals surface area (Å²) in [4.78, 5) is 5.50. The molecule has 3 unspecified atom stereocenters. The van der Waals surface area contributed by atoms with E-state index in [1.807, 2.05) is 0 Å². The van der Waals surface area contributed by atoms with E-state index in [0.717, 1.165) is 18.5 Å². The largest absolute Gasteiger partial charge is 0.329 e. The molecule has 0 amide bonds. The smallest absolute Gasteiger partial charge is 0.0358 e. The maximum absolute atomic E-state index is 6.28. The number of piperidine rings is 1. The Morgan fingerprint density at radius 3 is 2.74 bits per heavy atom. The van der Waals surface area contributed by atoms with Gasteiger partial charge in [-0.2, -0.15) is 0 Å². The predicted molar refractivity (Wildman–Crippen MR) is 80.2 cm³/mol. The molecule has 19 heavy (non-hydrogen) atoms. The molecule has 0 aromatic carbocycles. The van der Waals surface area contributed by atoms with Crippen molar-refractivity contribution >= 4 is 0 Å². The molecule has 3 aliphatic heterocycles. The van der Waals surface area contributed by atoms with Gasteiger partial charge in [-0.15, -0.1) is 0 Å². The van der Waals surface area contributed by atoms with Crippen LogP contribution in [0.25, 0.3) is 0 Å². The highest BCUT2D eigenvalue weighted by Gasteiger charge is 2.44. The summed E-state index contributed by atoms with van der Waals surface area (Å²) < 4.78 is 0. The Bertz CT molecular complexity index is 306. The SMILES string of the molecule is CC1CCCN(C2(CN)CCN3CCCC3C2)CC1. The van der Waals surface area contributed by atoms with E-state index < -0.39 is 0 Å². The number of nitrogens with zero attached hydrogens (tertiary/aromatic N) is 2. The summed E-state index contributed by atoms with van der Waals surface area (Å²) in [7, 11) is 0. The van der Waals surface area contributed by atoms with Crippen molar-refractivity contribution in [3.8, 4) is 0 Å². The summed E-state index contributed by atoms with van der Waals surface area (Å²) in [5.74, 6) is 0.909. The average molecular weight is 265 g/mol. The van der Waals surface area contributed by atoms with E-state index >= 15 is 0 Å². The van der Waals surface area contributed by atoms with E-state index in [2.05, 4.69) is 16.7 Å². The average Bonchev–Trinajstić information content (AvgIpc) is 2.78. The van der Waals surface area contributed by atoms with Crippen LogP contribution in [-0.4, -0.2) is 54.1 Å². The minimum absolute atomic E-state index is 0.329. The van der Waals surface area contributed by atoms with E-state index in [-0.39, 0.29) is 0 Å². The van der Waals surface area contributed by atoms with Crippen LogP contribution in [0.5, 0.6) is 0 Å². The highest BCUT2D eigenvalue weighted by molar-refractivity contribution is 5.02. The molecule has 3 rings (SSSR count). The summed E-state index contributed by atoms with van der Waals surface area (Å²) in [6.45, 7) is 8.47. The van der Waals surface area contributed by atoms with Crippen LogP contribution in [0.4, 0.5) is 0 Å². The molecule has 0 saturated carbocycles. The van der Waals surface area contributed by atoms with Crippen LogP contribution in [0.1, 0.15) is 51.9 Å². The van der Waals surface area contributed by atoms with Gasteiger partial charge in [-0.3, -0.25) is 4.90 Å². The topological polar surface area (TPSA) is 32.5 Å². The van der Waals surface area contributed by atoms with Gasteiger partial charge < -0.3 is 10.6 Å². The van der Waals surface area contributed by atoms with E-state index in [1.165, 1.54) is 71.1 Å². The molecule has 3 fully saturated rings. The second-order valence-electron chi connectivity index (χ2n) is 7.24. The predicted octanol–water partition coefficient (Wildman–Crippen LogP) is 2.06. The van der Waals surface area contributed by atoms with Crippen molar-refractivity contribution in [3.63, 3.8) is 0 Å². The van der Waals surface area contributed by atoms with Crippen LogP contribution in [-0.2, 0) is 0 Å². The maximum atomic E-state index is 6.28. The zero-order valence-electron chi connectivity index (χ0n) is 12.6. The molecule has 0 aromatic heterocycles. The summed E-state index contributed by atoms with van der Waals surface area (Å²) in [6, 6.07) is 0.831. The normalized spacial score (nSPS) is 42.0. The molecule has 3 atom stereocenters. The van der Waals surface area contributed by atoms with E-state index in [9.17, 15) is 0 Å². The Morgan fingerprint density at radius 2 is 1.89 bits per heavy atom. The molecule has 3 heteroatoms. The Kier molecular flexibility index (Phi) is 4.16. The number of nitrogens with two attached hydrogens (primary N) is 1. The van der Waals surface area contributed by atoms with Crippen LogP contribution in [0.2, 0.25) is 0 Å². The lowest BCUT2D eigenvalue weighted by Crippen LogP contribution is -2.61. The lowest BCUT2D eigenvalue weighted by Gasteiger charge is -2.50. The van der Waals surface area contributed by atoms with Gasteiger partial charge in [-0.05, 0) is 70.5 Å². The Hall–Kier alpha value is -0.120. The van der Waals surface area contributed by atoms with Crippen molar-refractivity contribution in [2.75, 3.05) is 32.7 Å². The molecular weight excluding hydrogens is 234 g/mol. The number of hydrogen-bond donors (Lipinski definition) is 1.